The maximum atomic E-state index is 12.7. The SMILES string of the molecule is O=C(Cn1c(=O)[nH]c2ccccc21)N1CCC(O)(c2ccc(C(F)(F)F)cc2)CC1. The zero-order valence-corrected chi connectivity index (χ0v) is 15.9. The summed E-state index contributed by atoms with van der Waals surface area (Å²) in [6.45, 7) is 0.364. The molecule has 0 spiro atoms. The van der Waals surface area contributed by atoms with Gasteiger partial charge in [0, 0.05) is 13.1 Å². The molecule has 1 saturated heterocycles. The number of nitrogens with zero attached hydrogens (tertiary/aromatic N) is 2. The van der Waals surface area contributed by atoms with Crippen LogP contribution in [0.1, 0.15) is 24.0 Å². The number of rotatable bonds is 3. The number of imidazole rings is 1. The summed E-state index contributed by atoms with van der Waals surface area (Å²) in [5.74, 6) is -0.253. The Bertz CT molecular complexity index is 1120. The van der Waals surface area contributed by atoms with E-state index in [-0.39, 0.29) is 44.1 Å². The highest BCUT2D eigenvalue weighted by molar-refractivity contribution is 5.80. The normalized spacial score (nSPS) is 16.7. The maximum Gasteiger partial charge on any atom is 0.416 e. The average molecular weight is 419 g/mol. The van der Waals surface area contributed by atoms with E-state index in [1.807, 2.05) is 0 Å². The van der Waals surface area contributed by atoms with Crippen molar-refractivity contribution in [3.63, 3.8) is 0 Å². The minimum atomic E-state index is -4.43. The number of aromatic amines is 1. The number of amides is 1. The lowest BCUT2D eigenvalue weighted by molar-refractivity contribution is -0.138. The van der Waals surface area contributed by atoms with Crippen molar-refractivity contribution in [3.05, 3.63) is 70.1 Å². The zero-order valence-electron chi connectivity index (χ0n) is 15.9. The molecule has 1 fully saturated rings. The van der Waals surface area contributed by atoms with E-state index in [2.05, 4.69) is 4.98 Å². The molecule has 1 aliphatic heterocycles. The lowest BCUT2D eigenvalue weighted by Crippen LogP contribution is -2.46. The third-order valence-electron chi connectivity index (χ3n) is 5.67. The van der Waals surface area contributed by atoms with E-state index < -0.39 is 17.3 Å². The Morgan fingerprint density at radius 3 is 2.33 bits per heavy atom. The predicted molar refractivity (Wildman–Crippen MR) is 104 cm³/mol. The molecule has 3 aromatic rings. The van der Waals surface area contributed by atoms with Crippen LogP contribution in [0.3, 0.4) is 0 Å². The quantitative estimate of drug-likeness (QED) is 0.685. The molecule has 2 heterocycles. The van der Waals surface area contributed by atoms with Gasteiger partial charge >= 0.3 is 11.9 Å². The van der Waals surface area contributed by atoms with Crippen molar-refractivity contribution in [1.82, 2.24) is 14.5 Å². The molecule has 4 rings (SSSR count). The number of hydrogen-bond donors (Lipinski definition) is 2. The summed E-state index contributed by atoms with van der Waals surface area (Å²) in [5, 5.41) is 10.9. The fourth-order valence-corrected chi connectivity index (χ4v) is 3.88. The van der Waals surface area contributed by atoms with Gasteiger partial charge in [0.1, 0.15) is 6.54 Å². The Morgan fingerprint density at radius 1 is 1.07 bits per heavy atom. The molecule has 6 nitrogen and oxygen atoms in total. The minimum absolute atomic E-state index is 0.123. The van der Waals surface area contributed by atoms with E-state index in [0.717, 1.165) is 12.1 Å². The van der Waals surface area contributed by atoms with Crippen LogP contribution in [0.2, 0.25) is 0 Å². The van der Waals surface area contributed by atoms with Gasteiger partial charge in [0.2, 0.25) is 5.91 Å². The number of piperidine rings is 1. The summed E-state index contributed by atoms with van der Waals surface area (Å²) in [6, 6.07) is 11.5. The second kappa shape index (κ2) is 7.32. The van der Waals surface area contributed by atoms with Crippen molar-refractivity contribution in [2.24, 2.45) is 0 Å². The van der Waals surface area contributed by atoms with E-state index in [1.54, 1.807) is 29.2 Å². The highest BCUT2D eigenvalue weighted by atomic mass is 19.4. The first-order chi connectivity index (χ1) is 14.2. The average Bonchev–Trinajstić information content (AvgIpc) is 3.03. The number of aliphatic hydroxyl groups is 1. The molecule has 0 saturated carbocycles. The molecule has 30 heavy (non-hydrogen) atoms. The summed E-state index contributed by atoms with van der Waals surface area (Å²) >= 11 is 0. The molecular formula is C21H20F3N3O3. The number of benzene rings is 2. The first-order valence-electron chi connectivity index (χ1n) is 9.53. The van der Waals surface area contributed by atoms with E-state index in [0.29, 0.717) is 16.6 Å². The van der Waals surface area contributed by atoms with Crippen LogP contribution in [-0.2, 0) is 23.1 Å². The topological polar surface area (TPSA) is 78.3 Å². The molecule has 0 atom stereocenters. The largest absolute Gasteiger partial charge is 0.416 e. The summed E-state index contributed by atoms with van der Waals surface area (Å²) in [6.07, 6.45) is -4.03. The molecule has 1 amide bonds. The van der Waals surface area contributed by atoms with E-state index in [1.165, 1.54) is 16.7 Å². The molecule has 0 aliphatic carbocycles. The predicted octanol–water partition coefficient (Wildman–Crippen LogP) is 2.86. The third kappa shape index (κ3) is 3.72. The van der Waals surface area contributed by atoms with Gasteiger partial charge in [0.15, 0.2) is 0 Å². The van der Waals surface area contributed by atoms with Crippen molar-refractivity contribution >= 4 is 16.9 Å². The molecule has 2 aromatic carbocycles. The lowest BCUT2D eigenvalue weighted by Gasteiger charge is -2.38. The van der Waals surface area contributed by atoms with Crippen molar-refractivity contribution in [2.75, 3.05) is 13.1 Å². The standard InChI is InChI=1S/C21H20F3N3O3/c22-21(23,24)15-7-5-14(6-8-15)20(30)9-11-26(12-10-20)18(28)13-27-17-4-2-1-3-16(17)25-19(27)29/h1-8,30H,9-13H2,(H,25,29). The zero-order chi connectivity index (χ0) is 21.5. The summed E-state index contributed by atoms with van der Waals surface area (Å²) in [5.41, 5.74) is -0.761. The van der Waals surface area contributed by atoms with Crippen LogP contribution in [0.25, 0.3) is 11.0 Å². The van der Waals surface area contributed by atoms with Crippen LogP contribution < -0.4 is 5.69 Å². The van der Waals surface area contributed by atoms with Crippen molar-refractivity contribution in [3.8, 4) is 0 Å². The van der Waals surface area contributed by atoms with Crippen LogP contribution >= 0.6 is 0 Å². The molecule has 2 N–H and O–H groups in total. The van der Waals surface area contributed by atoms with Crippen molar-refractivity contribution < 1.29 is 23.1 Å². The van der Waals surface area contributed by atoms with Crippen LogP contribution in [0.5, 0.6) is 0 Å². The molecule has 0 bridgehead atoms. The van der Waals surface area contributed by atoms with Gasteiger partial charge in [-0.3, -0.25) is 9.36 Å². The second-order valence-corrected chi connectivity index (χ2v) is 7.52. The van der Waals surface area contributed by atoms with Crippen LogP contribution in [0.4, 0.5) is 13.2 Å². The number of alkyl halides is 3. The Hall–Kier alpha value is -3.07. The van der Waals surface area contributed by atoms with Gasteiger partial charge in [0.05, 0.1) is 22.2 Å². The number of carbonyl (C=O) groups excluding carboxylic acids is 1. The number of nitrogens with one attached hydrogen (secondary N) is 1. The van der Waals surface area contributed by atoms with E-state index in [9.17, 15) is 27.9 Å². The van der Waals surface area contributed by atoms with Gasteiger partial charge in [-0.25, -0.2) is 4.79 Å². The van der Waals surface area contributed by atoms with Crippen LogP contribution in [0, 0.1) is 0 Å². The van der Waals surface area contributed by atoms with Crippen molar-refractivity contribution in [2.45, 2.75) is 31.2 Å². The Labute approximate surface area is 169 Å². The van der Waals surface area contributed by atoms with E-state index >= 15 is 0 Å². The van der Waals surface area contributed by atoms with Gasteiger partial charge in [-0.15, -0.1) is 0 Å². The molecule has 1 aromatic heterocycles. The van der Waals surface area contributed by atoms with E-state index in [4.69, 9.17) is 0 Å². The molecule has 158 valence electrons. The highest BCUT2D eigenvalue weighted by Crippen LogP contribution is 2.35. The van der Waals surface area contributed by atoms with Crippen molar-refractivity contribution in [1.29, 1.82) is 0 Å². The molecule has 0 radical (unpaired) electrons. The molecule has 9 heteroatoms. The van der Waals surface area contributed by atoms with Gasteiger partial charge in [-0.2, -0.15) is 13.2 Å². The minimum Gasteiger partial charge on any atom is -0.385 e. The summed E-state index contributed by atoms with van der Waals surface area (Å²) in [4.78, 5) is 29.1. The number of H-pyrrole nitrogens is 1. The van der Waals surface area contributed by atoms with Gasteiger partial charge in [-0.05, 0) is 42.7 Å². The number of likely N-dealkylation sites (tertiary alicyclic amines) is 1. The third-order valence-corrected chi connectivity index (χ3v) is 5.67. The number of aromatic nitrogens is 2. The molecule has 0 unspecified atom stereocenters. The summed E-state index contributed by atoms with van der Waals surface area (Å²) in [7, 11) is 0. The summed E-state index contributed by atoms with van der Waals surface area (Å²) < 4.78 is 39.6. The number of para-hydroxylation sites is 2. The number of hydrogen-bond acceptors (Lipinski definition) is 3. The van der Waals surface area contributed by atoms with Gasteiger partial charge in [-0.1, -0.05) is 24.3 Å². The number of fused-ring (bicyclic) bond motifs is 1. The lowest BCUT2D eigenvalue weighted by atomic mass is 9.84. The second-order valence-electron chi connectivity index (χ2n) is 7.52. The van der Waals surface area contributed by atoms with Gasteiger partial charge in [0.25, 0.3) is 0 Å². The highest BCUT2D eigenvalue weighted by Gasteiger charge is 2.37. The Kier molecular flexibility index (Phi) is 4.93. The number of carbonyl (C=O) groups is 1. The molecule has 1 aliphatic rings. The fourth-order valence-electron chi connectivity index (χ4n) is 3.88. The first-order valence-corrected chi connectivity index (χ1v) is 9.53. The smallest absolute Gasteiger partial charge is 0.385 e. The molecular weight excluding hydrogens is 399 g/mol. The van der Waals surface area contributed by atoms with Crippen LogP contribution in [0.15, 0.2) is 53.3 Å². The fraction of sp³-hybridized carbons (Fsp3) is 0.333. The number of halogens is 3. The Balaban J connectivity index is 1.44. The maximum absolute atomic E-state index is 12.7. The first kappa shape index (κ1) is 20.2. The monoisotopic (exact) mass is 419 g/mol. The van der Waals surface area contributed by atoms with Crippen LogP contribution in [-0.4, -0.2) is 38.6 Å². The Morgan fingerprint density at radius 2 is 1.70 bits per heavy atom. The van der Waals surface area contributed by atoms with Gasteiger partial charge < -0.3 is 15.0 Å².